The van der Waals surface area contributed by atoms with Crippen LogP contribution in [0.1, 0.15) is 23.4 Å². The van der Waals surface area contributed by atoms with Gasteiger partial charge in [-0.1, -0.05) is 0 Å². The quantitative estimate of drug-likeness (QED) is 0.796. The Morgan fingerprint density at radius 1 is 1.40 bits per heavy atom. The van der Waals surface area contributed by atoms with Crippen LogP contribution >= 0.6 is 23.1 Å². The van der Waals surface area contributed by atoms with E-state index < -0.39 is 0 Å². The summed E-state index contributed by atoms with van der Waals surface area (Å²) in [7, 11) is 0. The van der Waals surface area contributed by atoms with E-state index in [0.717, 1.165) is 16.6 Å². The Labute approximate surface area is 99.3 Å². The number of rotatable bonds is 2. The van der Waals surface area contributed by atoms with Gasteiger partial charge >= 0.3 is 0 Å². The molecule has 0 amide bonds. The molecule has 3 nitrogen and oxygen atoms in total. The van der Waals surface area contributed by atoms with Gasteiger partial charge in [-0.3, -0.25) is 4.90 Å². The molecule has 1 atom stereocenters. The van der Waals surface area contributed by atoms with Gasteiger partial charge in [-0.25, -0.2) is 0 Å². The lowest BCUT2D eigenvalue weighted by Crippen LogP contribution is -2.33. The van der Waals surface area contributed by atoms with E-state index in [1.807, 2.05) is 6.92 Å². The third kappa shape index (κ3) is 3.16. The van der Waals surface area contributed by atoms with Crippen molar-refractivity contribution in [1.29, 1.82) is 0 Å². The fraction of sp³-hybridized carbons (Fsp3) is 0.800. The normalized spacial score (nSPS) is 24.0. The highest BCUT2D eigenvalue weighted by molar-refractivity contribution is 7.99. The molecule has 0 unspecified atom stereocenters. The molecule has 0 bridgehead atoms. The minimum absolute atomic E-state index is 0.684. The van der Waals surface area contributed by atoms with Crippen LogP contribution in [0.5, 0.6) is 0 Å². The fourth-order valence-electron chi connectivity index (χ4n) is 1.75. The summed E-state index contributed by atoms with van der Waals surface area (Å²) in [6.07, 6.45) is 1.29. The SMILES string of the molecule is Cc1nnc(CN2CCSCC[C@@H]2C)s1. The first-order valence-electron chi connectivity index (χ1n) is 5.36. The van der Waals surface area contributed by atoms with Crippen molar-refractivity contribution in [2.45, 2.75) is 32.9 Å². The number of thioether (sulfide) groups is 1. The second-order valence-corrected chi connectivity index (χ2v) is 6.43. The molecule has 5 heteroatoms. The van der Waals surface area contributed by atoms with Crippen LogP contribution < -0.4 is 0 Å². The van der Waals surface area contributed by atoms with Gasteiger partial charge in [0.05, 0.1) is 6.54 Å². The molecule has 1 aromatic rings. The Morgan fingerprint density at radius 3 is 3.00 bits per heavy atom. The minimum atomic E-state index is 0.684. The van der Waals surface area contributed by atoms with Crippen LogP contribution in [0.25, 0.3) is 0 Å². The van der Waals surface area contributed by atoms with Crippen molar-refractivity contribution < 1.29 is 0 Å². The summed E-state index contributed by atoms with van der Waals surface area (Å²) in [5.74, 6) is 2.55. The monoisotopic (exact) mass is 243 g/mol. The second kappa shape index (κ2) is 5.27. The lowest BCUT2D eigenvalue weighted by Gasteiger charge is -2.24. The number of hydrogen-bond donors (Lipinski definition) is 0. The number of nitrogens with zero attached hydrogens (tertiary/aromatic N) is 3. The zero-order valence-corrected chi connectivity index (χ0v) is 10.9. The first kappa shape index (κ1) is 11.4. The van der Waals surface area contributed by atoms with Crippen molar-refractivity contribution in [1.82, 2.24) is 15.1 Å². The molecule has 1 aliphatic heterocycles. The largest absolute Gasteiger partial charge is 0.293 e. The highest BCUT2D eigenvalue weighted by atomic mass is 32.2. The van der Waals surface area contributed by atoms with Crippen molar-refractivity contribution in [3.05, 3.63) is 10.0 Å². The van der Waals surface area contributed by atoms with Gasteiger partial charge < -0.3 is 0 Å². The van der Waals surface area contributed by atoms with Crippen LogP contribution in [0, 0.1) is 6.92 Å². The molecule has 0 aliphatic carbocycles. The first-order valence-corrected chi connectivity index (χ1v) is 7.33. The summed E-state index contributed by atoms with van der Waals surface area (Å²) >= 11 is 3.78. The van der Waals surface area contributed by atoms with E-state index in [0.29, 0.717) is 6.04 Å². The number of hydrogen-bond acceptors (Lipinski definition) is 5. The van der Waals surface area contributed by atoms with E-state index in [4.69, 9.17) is 0 Å². The molecular weight excluding hydrogens is 226 g/mol. The molecule has 2 rings (SSSR count). The maximum atomic E-state index is 4.19. The standard InChI is InChI=1S/C10H17N3S2/c1-8-3-5-14-6-4-13(8)7-10-12-11-9(2)15-10/h8H,3-7H2,1-2H3/t8-/m0/s1. The third-order valence-electron chi connectivity index (χ3n) is 2.73. The molecular formula is C10H17N3S2. The molecule has 1 saturated heterocycles. The van der Waals surface area contributed by atoms with Crippen LogP contribution in [0.3, 0.4) is 0 Å². The van der Waals surface area contributed by atoms with Gasteiger partial charge in [0.15, 0.2) is 0 Å². The summed E-state index contributed by atoms with van der Waals surface area (Å²) in [4.78, 5) is 2.53. The topological polar surface area (TPSA) is 29.0 Å². The van der Waals surface area contributed by atoms with Crippen molar-refractivity contribution >= 4 is 23.1 Å². The first-order chi connectivity index (χ1) is 7.25. The van der Waals surface area contributed by atoms with Gasteiger partial charge in [0, 0.05) is 18.3 Å². The van der Waals surface area contributed by atoms with Gasteiger partial charge in [-0.05, 0) is 26.0 Å². The molecule has 1 aliphatic rings. The highest BCUT2D eigenvalue weighted by Crippen LogP contribution is 2.19. The van der Waals surface area contributed by atoms with Gasteiger partial charge in [0.25, 0.3) is 0 Å². The van der Waals surface area contributed by atoms with Crippen LogP contribution in [0.2, 0.25) is 0 Å². The van der Waals surface area contributed by atoms with Gasteiger partial charge in [-0.15, -0.1) is 21.5 Å². The molecule has 0 aromatic carbocycles. The lowest BCUT2D eigenvalue weighted by atomic mass is 10.2. The summed E-state index contributed by atoms with van der Waals surface area (Å²) in [6.45, 7) is 6.50. The Bertz CT molecular complexity index is 313. The van der Waals surface area contributed by atoms with Crippen molar-refractivity contribution in [2.75, 3.05) is 18.1 Å². The van der Waals surface area contributed by atoms with E-state index >= 15 is 0 Å². The van der Waals surface area contributed by atoms with E-state index in [-0.39, 0.29) is 0 Å². The maximum Gasteiger partial charge on any atom is 0.131 e. The van der Waals surface area contributed by atoms with E-state index in [1.165, 1.54) is 24.5 Å². The lowest BCUT2D eigenvalue weighted by molar-refractivity contribution is 0.212. The zero-order chi connectivity index (χ0) is 10.7. The van der Waals surface area contributed by atoms with E-state index in [1.54, 1.807) is 11.3 Å². The van der Waals surface area contributed by atoms with Crippen molar-refractivity contribution in [3.63, 3.8) is 0 Å². The van der Waals surface area contributed by atoms with E-state index in [2.05, 4.69) is 33.8 Å². The average molecular weight is 243 g/mol. The minimum Gasteiger partial charge on any atom is -0.293 e. The average Bonchev–Trinajstić information content (AvgIpc) is 2.50. The summed E-state index contributed by atoms with van der Waals surface area (Å²) in [6, 6.07) is 0.684. The number of aromatic nitrogens is 2. The molecule has 0 radical (unpaired) electrons. The second-order valence-electron chi connectivity index (χ2n) is 3.94. The smallest absolute Gasteiger partial charge is 0.131 e. The molecule has 15 heavy (non-hydrogen) atoms. The predicted molar refractivity (Wildman–Crippen MR) is 66.5 cm³/mol. The molecule has 2 heterocycles. The Morgan fingerprint density at radius 2 is 2.27 bits per heavy atom. The van der Waals surface area contributed by atoms with Gasteiger partial charge in [0.1, 0.15) is 10.0 Å². The number of aryl methyl sites for hydroxylation is 1. The fourth-order valence-corrected chi connectivity index (χ4v) is 3.56. The van der Waals surface area contributed by atoms with Crippen LogP contribution in [0.4, 0.5) is 0 Å². The molecule has 0 spiro atoms. The van der Waals surface area contributed by atoms with Gasteiger partial charge in [0.2, 0.25) is 0 Å². The van der Waals surface area contributed by atoms with Crippen LogP contribution in [-0.2, 0) is 6.54 Å². The maximum absolute atomic E-state index is 4.19. The van der Waals surface area contributed by atoms with E-state index in [9.17, 15) is 0 Å². The van der Waals surface area contributed by atoms with Crippen LogP contribution in [0.15, 0.2) is 0 Å². The summed E-state index contributed by atoms with van der Waals surface area (Å²) < 4.78 is 0. The van der Waals surface area contributed by atoms with Crippen molar-refractivity contribution in [2.24, 2.45) is 0 Å². The summed E-state index contributed by atoms with van der Waals surface area (Å²) in [5, 5.41) is 10.5. The predicted octanol–water partition coefficient (Wildman–Crippen LogP) is 2.17. The molecule has 0 N–H and O–H groups in total. The molecule has 1 aromatic heterocycles. The molecule has 0 saturated carbocycles. The Hall–Kier alpha value is -0.130. The zero-order valence-electron chi connectivity index (χ0n) is 9.27. The van der Waals surface area contributed by atoms with Crippen molar-refractivity contribution in [3.8, 4) is 0 Å². The highest BCUT2D eigenvalue weighted by Gasteiger charge is 2.18. The molecule has 1 fully saturated rings. The van der Waals surface area contributed by atoms with Gasteiger partial charge in [-0.2, -0.15) is 11.8 Å². The Kier molecular flexibility index (Phi) is 3.99. The Balaban J connectivity index is 1.97. The van der Waals surface area contributed by atoms with Crippen LogP contribution in [-0.4, -0.2) is 39.2 Å². The molecule has 84 valence electrons. The third-order valence-corrected chi connectivity index (χ3v) is 4.55. The summed E-state index contributed by atoms with van der Waals surface area (Å²) in [5.41, 5.74) is 0.